The molecule has 1 aliphatic heterocycles. The zero-order valence-corrected chi connectivity index (χ0v) is 8.73. The number of esters is 1. The Kier molecular flexibility index (Phi) is 2.90. The van der Waals surface area contributed by atoms with Crippen molar-refractivity contribution in [2.45, 2.75) is 19.3 Å². The van der Waals surface area contributed by atoms with Crippen LogP contribution in [0.5, 0.6) is 5.75 Å². The molecule has 0 fully saturated rings. The average molecular weight is 206 g/mol. The number of carbonyl (C=O) groups is 1. The van der Waals surface area contributed by atoms with Crippen molar-refractivity contribution in [2.75, 3.05) is 13.2 Å². The molecule has 1 unspecified atom stereocenters. The first-order chi connectivity index (χ1) is 7.33. The summed E-state index contributed by atoms with van der Waals surface area (Å²) in [6, 6.07) is 7.64. The van der Waals surface area contributed by atoms with Gasteiger partial charge in [-0.15, -0.1) is 0 Å². The summed E-state index contributed by atoms with van der Waals surface area (Å²) in [4.78, 5) is 11.7. The van der Waals surface area contributed by atoms with Crippen molar-refractivity contribution < 1.29 is 14.3 Å². The van der Waals surface area contributed by atoms with Gasteiger partial charge in [0.25, 0.3) is 0 Å². The Hall–Kier alpha value is -1.51. The molecule has 80 valence electrons. The Morgan fingerprint density at radius 2 is 2.33 bits per heavy atom. The Morgan fingerprint density at radius 1 is 1.53 bits per heavy atom. The topological polar surface area (TPSA) is 35.5 Å². The van der Waals surface area contributed by atoms with Crippen LogP contribution in [0.3, 0.4) is 0 Å². The number of ether oxygens (including phenoxy) is 2. The largest absolute Gasteiger partial charge is 0.493 e. The van der Waals surface area contributed by atoms with Gasteiger partial charge in [-0.3, -0.25) is 4.79 Å². The third-order valence-corrected chi connectivity index (χ3v) is 2.53. The first kappa shape index (κ1) is 10.0. The van der Waals surface area contributed by atoms with Crippen molar-refractivity contribution in [2.24, 2.45) is 0 Å². The molecule has 3 nitrogen and oxygen atoms in total. The molecular formula is C12H14O3. The van der Waals surface area contributed by atoms with Crippen LogP contribution in [0.25, 0.3) is 0 Å². The van der Waals surface area contributed by atoms with Gasteiger partial charge in [-0.25, -0.2) is 0 Å². The smallest absolute Gasteiger partial charge is 0.313 e. The van der Waals surface area contributed by atoms with Gasteiger partial charge in [0.15, 0.2) is 0 Å². The van der Waals surface area contributed by atoms with Gasteiger partial charge in [-0.2, -0.15) is 0 Å². The molecule has 2 rings (SSSR count). The van der Waals surface area contributed by atoms with Crippen LogP contribution in [0.15, 0.2) is 24.3 Å². The monoisotopic (exact) mass is 206 g/mol. The van der Waals surface area contributed by atoms with Crippen LogP contribution in [-0.2, 0) is 9.53 Å². The van der Waals surface area contributed by atoms with Crippen molar-refractivity contribution >= 4 is 5.97 Å². The fourth-order valence-corrected chi connectivity index (χ4v) is 1.83. The summed E-state index contributed by atoms with van der Waals surface area (Å²) < 4.78 is 10.5. The van der Waals surface area contributed by atoms with Crippen LogP contribution in [0, 0.1) is 0 Å². The quantitative estimate of drug-likeness (QED) is 0.695. The summed E-state index contributed by atoms with van der Waals surface area (Å²) in [6.45, 7) is 2.84. The minimum Gasteiger partial charge on any atom is -0.493 e. The van der Waals surface area contributed by atoms with Crippen molar-refractivity contribution in [1.82, 2.24) is 0 Å². The number of fused-ring (bicyclic) bond motifs is 1. The molecule has 0 saturated carbocycles. The van der Waals surface area contributed by atoms with E-state index in [2.05, 4.69) is 0 Å². The Bertz CT molecular complexity index is 360. The van der Waals surface area contributed by atoms with Gasteiger partial charge in [0.05, 0.1) is 19.1 Å². The molecule has 1 aromatic carbocycles. The van der Waals surface area contributed by atoms with Crippen LogP contribution in [0.1, 0.15) is 24.8 Å². The maximum Gasteiger partial charge on any atom is 0.313 e. The third-order valence-electron chi connectivity index (χ3n) is 2.53. The lowest BCUT2D eigenvalue weighted by Crippen LogP contribution is -2.23. The highest BCUT2D eigenvalue weighted by Gasteiger charge is 2.28. The number of carbonyl (C=O) groups excluding carboxylic acids is 1. The van der Waals surface area contributed by atoms with E-state index < -0.39 is 0 Å². The van der Waals surface area contributed by atoms with Crippen molar-refractivity contribution in [3.05, 3.63) is 29.8 Å². The molecule has 3 heteroatoms. The molecule has 0 amide bonds. The van der Waals surface area contributed by atoms with Gasteiger partial charge < -0.3 is 9.47 Å². The summed E-state index contributed by atoms with van der Waals surface area (Å²) in [5.41, 5.74) is 0.946. The first-order valence-electron chi connectivity index (χ1n) is 5.21. The maximum atomic E-state index is 11.7. The molecule has 0 bridgehead atoms. The molecule has 1 aliphatic rings. The number of hydrogen-bond donors (Lipinski definition) is 0. The van der Waals surface area contributed by atoms with E-state index in [1.165, 1.54) is 0 Å². The van der Waals surface area contributed by atoms with Gasteiger partial charge in [-0.1, -0.05) is 18.2 Å². The minimum absolute atomic E-state index is 0.145. The second kappa shape index (κ2) is 4.34. The highest BCUT2D eigenvalue weighted by Crippen LogP contribution is 2.33. The highest BCUT2D eigenvalue weighted by atomic mass is 16.5. The lowest BCUT2D eigenvalue weighted by molar-refractivity contribution is -0.145. The van der Waals surface area contributed by atoms with E-state index in [1.54, 1.807) is 0 Å². The lowest BCUT2D eigenvalue weighted by atomic mass is 9.93. The minimum atomic E-state index is -0.158. The summed E-state index contributed by atoms with van der Waals surface area (Å²) >= 11 is 0. The van der Waals surface area contributed by atoms with Crippen molar-refractivity contribution in [3.63, 3.8) is 0 Å². The van der Waals surface area contributed by atoms with Crippen LogP contribution < -0.4 is 4.74 Å². The molecule has 0 N–H and O–H groups in total. The Morgan fingerprint density at radius 3 is 3.13 bits per heavy atom. The zero-order chi connectivity index (χ0) is 10.7. The molecule has 0 aliphatic carbocycles. The highest BCUT2D eigenvalue weighted by molar-refractivity contribution is 5.79. The first-order valence-corrected chi connectivity index (χ1v) is 5.21. The molecule has 0 aromatic heterocycles. The fraction of sp³-hybridized carbons (Fsp3) is 0.417. The van der Waals surface area contributed by atoms with E-state index in [9.17, 15) is 4.79 Å². The summed E-state index contributed by atoms with van der Waals surface area (Å²) in [5.74, 6) is 0.505. The standard InChI is InChI=1S/C12H14O3/c1-2-14-12(13)10-7-8-15-11-6-4-3-5-9(10)11/h3-6,10H,2,7-8H2,1H3. The second-order valence-electron chi connectivity index (χ2n) is 3.48. The van der Waals surface area contributed by atoms with E-state index in [0.29, 0.717) is 19.6 Å². The van der Waals surface area contributed by atoms with Crippen LogP contribution in [0.4, 0.5) is 0 Å². The zero-order valence-electron chi connectivity index (χ0n) is 8.73. The van der Waals surface area contributed by atoms with Crippen molar-refractivity contribution in [1.29, 1.82) is 0 Å². The summed E-state index contributed by atoms with van der Waals surface area (Å²) in [7, 11) is 0. The van der Waals surface area contributed by atoms with Gasteiger partial charge in [0.2, 0.25) is 0 Å². The normalized spacial score (nSPS) is 18.9. The van der Waals surface area contributed by atoms with E-state index >= 15 is 0 Å². The van der Waals surface area contributed by atoms with Crippen molar-refractivity contribution in [3.8, 4) is 5.75 Å². The van der Waals surface area contributed by atoms with Gasteiger partial charge in [0.1, 0.15) is 5.75 Å². The maximum absolute atomic E-state index is 11.7. The molecule has 1 atom stereocenters. The van der Waals surface area contributed by atoms with E-state index in [0.717, 1.165) is 11.3 Å². The van der Waals surface area contributed by atoms with Crippen LogP contribution in [0.2, 0.25) is 0 Å². The molecule has 1 heterocycles. The number of hydrogen-bond acceptors (Lipinski definition) is 3. The lowest BCUT2D eigenvalue weighted by Gasteiger charge is -2.24. The number of benzene rings is 1. The third kappa shape index (κ3) is 1.96. The van der Waals surface area contributed by atoms with E-state index in [4.69, 9.17) is 9.47 Å². The van der Waals surface area contributed by atoms with Crippen LogP contribution >= 0.6 is 0 Å². The SMILES string of the molecule is CCOC(=O)C1CCOc2ccccc21. The number of para-hydroxylation sites is 1. The molecule has 0 radical (unpaired) electrons. The summed E-state index contributed by atoms with van der Waals surface area (Å²) in [6.07, 6.45) is 0.704. The average Bonchev–Trinajstić information content (AvgIpc) is 2.28. The van der Waals surface area contributed by atoms with Gasteiger partial charge >= 0.3 is 5.97 Å². The molecular weight excluding hydrogens is 192 g/mol. The molecule has 15 heavy (non-hydrogen) atoms. The van der Waals surface area contributed by atoms with Gasteiger partial charge in [-0.05, 0) is 19.4 Å². The molecule has 0 saturated heterocycles. The summed E-state index contributed by atoms with van der Waals surface area (Å²) in [5, 5.41) is 0. The Balaban J connectivity index is 2.25. The number of rotatable bonds is 2. The van der Waals surface area contributed by atoms with E-state index in [1.807, 2.05) is 31.2 Å². The predicted octanol–water partition coefficient (Wildman–Crippen LogP) is 2.12. The second-order valence-corrected chi connectivity index (χ2v) is 3.48. The fourth-order valence-electron chi connectivity index (χ4n) is 1.83. The molecule has 0 spiro atoms. The Labute approximate surface area is 89.0 Å². The molecule has 1 aromatic rings. The van der Waals surface area contributed by atoms with E-state index in [-0.39, 0.29) is 11.9 Å². The van der Waals surface area contributed by atoms with Gasteiger partial charge in [0, 0.05) is 5.56 Å². The van der Waals surface area contributed by atoms with Crippen LogP contribution in [-0.4, -0.2) is 19.2 Å². The predicted molar refractivity (Wildman–Crippen MR) is 55.9 cm³/mol.